The third kappa shape index (κ3) is 12.2. The van der Waals surface area contributed by atoms with E-state index in [0.717, 1.165) is 6.07 Å². The minimum Gasteiger partial charge on any atom is -0.507 e. The molecule has 0 amide bonds. The summed E-state index contributed by atoms with van der Waals surface area (Å²) in [5.74, 6) is -1.41. The smallest absolute Gasteiger partial charge is 0.369 e. The van der Waals surface area contributed by atoms with E-state index in [1.807, 2.05) is 0 Å². The van der Waals surface area contributed by atoms with Crippen LogP contribution in [0.2, 0.25) is 0 Å². The van der Waals surface area contributed by atoms with Crippen molar-refractivity contribution in [2.24, 2.45) is 0 Å². The first-order valence-electron chi connectivity index (χ1n) is 15.2. The van der Waals surface area contributed by atoms with Gasteiger partial charge in [0, 0.05) is 56.6 Å². The minimum absolute atomic E-state index is 0.178. The average Bonchev–Trinajstić information content (AvgIpc) is 3.13. The largest absolute Gasteiger partial charge is 0.507 e. The van der Waals surface area contributed by atoms with Crippen LogP contribution in [-0.2, 0) is 0 Å². The Bertz CT molecular complexity index is 1970. The fraction of sp³-hybridized carbons (Fsp3) is 0.0769. The Morgan fingerprint density at radius 3 is 0.981 bits per heavy atom. The lowest BCUT2D eigenvalue weighted by Gasteiger charge is -2.16. The Balaban J connectivity index is 0.000000244. The standard InChI is InChI=1S/C20H16F2O2.C18H12F2O2.CH2Cl2.BBr3/c1-23-19-12-20(24-2)16(14-8-4-6-10-18(14)22)11-15(19)13-7-3-5-9-17(13)21;19-15-7-3-1-5-11(15)13-9-14(18(22)10-17(13)21)12-6-2-4-8-16(12)20;2-1-3;2-1(3)4/h3-12H,1-2H3;1-10,21-22H;1H2;. The van der Waals surface area contributed by atoms with Gasteiger partial charge in [0.25, 0.3) is 0 Å². The summed E-state index contributed by atoms with van der Waals surface area (Å²) in [6.07, 6.45) is 0. The summed E-state index contributed by atoms with van der Waals surface area (Å²) in [6.45, 7) is 0. The third-order valence-corrected chi connectivity index (χ3v) is 7.29. The van der Waals surface area contributed by atoms with Crippen molar-refractivity contribution in [1.82, 2.24) is 0 Å². The summed E-state index contributed by atoms with van der Waals surface area (Å²) in [5.41, 5.74) is 2.58. The molecule has 0 bridgehead atoms. The van der Waals surface area contributed by atoms with E-state index >= 15 is 0 Å². The fourth-order valence-corrected chi connectivity index (χ4v) is 5.05. The van der Waals surface area contributed by atoms with Gasteiger partial charge in [-0.1, -0.05) is 72.8 Å². The maximum Gasteiger partial charge on any atom is 0.369 e. The SMILES string of the molecule is BrB(Br)Br.COc1cc(OC)c(-c2ccccc2F)cc1-c1ccccc1F.ClCCl.Oc1cc(O)c(-c2ccccc2F)cc1-c1ccccc1F. The lowest BCUT2D eigenvalue weighted by atomic mass is 9.96. The minimum atomic E-state index is -0.511. The zero-order chi connectivity index (χ0) is 39.1. The molecule has 0 spiro atoms. The summed E-state index contributed by atoms with van der Waals surface area (Å²) in [5, 5.41) is 20.2. The van der Waals surface area contributed by atoms with Crippen LogP contribution >= 0.6 is 70.5 Å². The molecule has 0 aliphatic carbocycles. The molecule has 0 fully saturated rings. The molecule has 0 aromatic heterocycles. The predicted octanol–water partition coefficient (Wildman–Crippen LogP) is 13.6. The molecule has 14 heteroatoms. The van der Waals surface area contributed by atoms with E-state index in [-0.39, 0.29) is 53.9 Å². The third-order valence-electron chi connectivity index (χ3n) is 7.29. The van der Waals surface area contributed by atoms with Crippen molar-refractivity contribution in [3.8, 4) is 67.5 Å². The maximum absolute atomic E-state index is 14.2. The van der Waals surface area contributed by atoms with Gasteiger partial charge in [0.2, 0.25) is 0 Å². The van der Waals surface area contributed by atoms with Gasteiger partial charge in [0.1, 0.15) is 46.3 Å². The molecular weight excluding hydrogens is 930 g/mol. The quantitative estimate of drug-likeness (QED) is 0.0992. The van der Waals surface area contributed by atoms with Crippen LogP contribution in [0.3, 0.4) is 0 Å². The number of hydrogen-bond donors (Lipinski definition) is 2. The van der Waals surface area contributed by atoms with E-state index in [1.165, 1.54) is 68.8 Å². The molecule has 4 nitrogen and oxygen atoms in total. The predicted molar refractivity (Wildman–Crippen MR) is 220 cm³/mol. The van der Waals surface area contributed by atoms with Crippen LogP contribution in [0.4, 0.5) is 17.6 Å². The molecule has 0 atom stereocenters. The number of ether oxygens (including phenoxy) is 2. The van der Waals surface area contributed by atoms with Gasteiger partial charge in [-0.15, -0.1) is 70.5 Å². The van der Waals surface area contributed by atoms with E-state index in [1.54, 1.807) is 60.7 Å². The summed E-state index contributed by atoms with van der Waals surface area (Å²) in [7, 11) is 3.00. The van der Waals surface area contributed by atoms with Gasteiger partial charge < -0.3 is 19.7 Å². The van der Waals surface area contributed by atoms with E-state index in [9.17, 15) is 27.8 Å². The molecule has 0 unspecified atom stereocenters. The van der Waals surface area contributed by atoms with Gasteiger partial charge in [-0.25, -0.2) is 17.6 Å². The Morgan fingerprint density at radius 2 is 0.717 bits per heavy atom. The fourth-order valence-electron chi connectivity index (χ4n) is 5.05. The van der Waals surface area contributed by atoms with Crippen LogP contribution in [0.25, 0.3) is 44.5 Å². The van der Waals surface area contributed by atoms with Crippen molar-refractivity contribution in [1.29, 1.82) is 0 Å². The Kier molecular flexibility index (Phi) is 18.1. The van der Waals surface area contributed by atoms with Crippen LogP contribution < -0.4 is 9.47 Å². The highest BCUT2D eigenvalue weighted by Crippen LogP contribution is 2.43. The second kappa shape index (κ2) is 21.9. The molecule has 6 aromatic rings. The molecule has 0 aliphatic heterocycles. The molecule has 6 rings (SSSR count). The van der Waals surface area contributed by atoms with Gasteiger partial charge in [-0.3, -0.25) is 0 Å². The average molecular weight is 960 g/mol. The van der Waals surface area contributed by atoms with Gasteiger partial charge >= 0.3 is 3.18 Å². The molecule has 276 valence electrons. The Labute approximate surface area is 340 Å². The van der Waals surface area contributed by atoms with E-state index in [2.05, 4.69) is 47.3 Å². The monoisotopic (exact) mass is 956 g/mol. The number of benzene rings is 6. The molecule has 6 aromatic carbocycles. The molecule has 0 heterocycles. The zero-order valence-corrected chi connectivity index (χ0v) is 34.2. The van der Waals surface area contributed by atoms with Crippen LogP contribution in [0.1, 0.15) is 0 Å². The number of methoxy groups -OCH3 is 2. The highest BCUT2D eigenvalue weighted by Gasteiger charge is 2.19. The molecule has 2 N–H and O–H groups in total. The molecule has 0 aliphatic rings. The highest BCUT2D eigenvalue weighted by atomic mass is 79.9. The number of rotatable bonds is 6. The maximum atomic E-state index is 14.2. The Hall–Kier alpha value is -3.68. The van der Waals surface area contributed by atoms with Gasteiger partial charge in [-0.2, -0.15) is 0 Å². The van der Waals surface area contributed by atoms with Crippen molar-refractivity contribution in [3.63, 3.8) is 0 Å². The van der Waals surface area contributed by atoms with Crippen LogP contribution in [0, 0.1) is 23.3 Å². The van der Waals surface area contributed by atoms with Crippen molar-refractivity contribution < 1.29 is 37.2 Å². The van der Waals surface area contributed by atoms with Crippen LogP contribution in [0.5, 0.6) is 23.0 Å². The topological polar surface area (TPSA) is 58.9 Å². The van der Waals surface area contributed by atoms with Gasteiger partial charge in [0.15, 0.2) is 0 Å². The first kappa shape index (κ1) is 43.7. The number of phenols is 2. The lowest BCUT2D eigenvalue weighted by molar-refractivity contribution is 0.396. The lowest BCUT2D eigenvalue weighted by Crippen LogP contribution is -1.96. The van der Waals surface area contributed by atoms with Crippen molar-refractivity contribution >= 4 is 73.7 Å². The number of phenolic OH excluding ortho intramolecular Hbond substituents is 2. The number of halogens is 9. The molecule has 0 radical (unpaired) electrons. The number of alkyl halides is 2. The summed E-state index contributed by atoms with van der Waals surface area (Å²) in [4.78, 5) is 0. The van der Waals surface area contributed by atoms with Crippen molar-refractivity contribution in [3.05, 3.63) is 145 Å². The van der Waals surface area contributed by atoms with E-state index < -0.39 is 11.6 Å². The van der Waals surface area contributed by atoms with Crippen LogP contribution in [-0.4, -0.2) is 33.0 Å². The molecular formula is C39H30BBr3Cl2F4O4. The summed E-state index contributed by atoms with van der Waals surface area (Å²) < 4.78 is 67.3. The normalized spacial score (nSPS) is 10.0. The van der Waals surface area contributed by atoms with Gasteiger partial charge in [-0.05, 0) is 36.4 Å². The number of hydrogen-bond acceptors (Lipinski definition) is 4. The second-order valence-corrected chi connectivity index (χ2v) is 17.6. The van der Waals surface area contributed by atoms with Crippen molar-refractivity contribution in [2.45, 2.75) is 0 Å². The van der Waals surface area contributed by atoms with E-state index in [4.69, 9.17) is 32.7 Å². The second-order valence-electron chi connectivity index (χ2n) is 10.4. The summed E-state index contributed by atoms with van der Waals surface area (Å²) in [6, 6.07) is 30.5. The molecule has 53 heavy (non-hydrogen) atoms. The zero-order valence-electron chi connectivity index (χ0n) is 27.9. The Morgan fingerprint density at radius 1 is 0.472 bits per heavy atom. The molecule has 0 saturated heterocycles. The van der Waals surface area contributed by atoms with Gasteiger partial charge in [0.05, 0.1) is 19.6 Å². The summed E-state index contributed by atoms with van der Waals surface area (Å²) >= 11 is 18.8. The first-order valence-corrected chi connectivity index (χ1v) is 19.1. The first-order chi connectivity index (χ1) is 25.4. The molecule has 0 saturated carbocycles. The van der Waals surface area contributed by atoms with E-state index in [0.29, 0.717) is 33.8 Å². The van der Waals surface area contributed by atoms with Crippen LogP contribution in [0.15, 0.2) is 121 Å². The van der Waals surface area contributed by atoms with Crippen molar-refractivity contribution in [2.75, 3.05) is 19.6 Å². The number of aromatic hydroxyl groups is 2. The highest BCUT2D eigenvalue weighted by molar-refractivity contribution is 9.69.